The Morgan fingerprint density at radius 2 is 1.72 bits per heavy atom. The van der Waals surface area contributed by atoms with Gasteiger partial charge >= 0.3 is 5.97 Å². The molecule has 132 valence electrons. The summed E-state index contributed by atoms with van der Waals surface area (Å²) in [5.41, 5.74) is 0.0752. The van der Waals surface area contributed by atoms with E-state index in [0.29, 0.717) is 0 Å². The van der Waals surface area contributed by atoms with E-state index in [-0.39, 0.29) is 35.9 Å². The van der Waals surface area contributed by atoms with Gasteiger partial charge in [0.2, 0.25) is 0 Å². The van der Waals surface area contributed by atoms with Crippen LogP contribution in [0.2, 0.25) is 0 Å². The summed E-state index contributed by atoms with van der Waals surface area (Å²) in [7, 11) is 0. The third kappa shape index (κ3) is 3.60. The van der Waals surface area contributed by atoms with Crippen molar-refractivity contribution in [1.29, 1.82) is 0 Å². The van der Waals surface area contributed by atoms with Crippen molar-refractivity contribution >= 4 is 22.6 Å². The van der Waals surface area contributed by atoms with Crippen LogP contribution in [-0.2, 0) is 9.53 Å². The number of benzene rings is 2. The normalized spacial score (nSPS) is 20.5. The molecule has 3 rings (SSSR count). The Morgan fingerprint density at radius 1 is 1.12 bits per heavy atom. The maximum Gasteiger partial charge on any atom is 0.342 e. The second kappa shape index (κ2) is 7.13. The van der Waals surface area contributed by atoms with Crippen molar-refractivity contribution in [3.63, 3.8) is 0 Å². The molecule has 0 aromatic heterocycles. The number of fused-ring (bicyclic) bond motifs is 1. The third-order valence-corrected chi connectivity index (χ3v) is 4.89. The Balaban J connectivity index is 1.70. The smallest absolute Gasteiger partial charge is 0.342 e. The van der Waals surface area contributed by atoms with E-state index in [9.17, 15) is 14.7 Å². The van der Waals surface area contributed by atoms with Crippen LogP contribution in [0.25, 0.3) is 10.8 Å². The van der Waals surface area contributed by atoms with Crippen molar-refractivity contribution in [2.45, 2.75) is 45.2 Å². The van der Waals surface area contributed by atoms with Crippen LogP contribution < -0.4 is 0 Å². The molecule has 1 fully saturated rings. The number of piperidine rings is 1. The Hall–Kier alpha value is -2.56. The molecule has 2 aromatic carbocycles. The van der Waals surface area contributed by atoms with Crippen molar-refractivity contribution < 1.29 is 19.4 Å². The lowest BCUT2D eigenvalue weighted by Crippen LogP contribution is -2.49. The fourth-order valence-corrected chi connectivity index (χ4v) is 3.58. The molecule has 1 aliphatic heterocycles. The van der Waals surface area contributed by atoms with Gasteiger partial charge in [-0.1, -0.05) is 24.3 Å². The van der Waals surface area contributed by atoms with E-state index in [1.165, 1.54) is 6.07 Å². The summed E-state index contributed by atoms with van der Waals surface area (Å²) >= 11 is 0. The van der Waals surface area contributed by atoms with Gasteiger partial charge in [-0.25, -0.2) is 4.79 Å². The predicted octanol–water partition coefficient (Wildman–Crippen LogP) is 3.49. The Labute approximate surface area is 147 Å². The first-order valence-corrected chi connectivity index (χ1v) is 8.67. The maximum atomic E-state index is 12.4. The van der Waals surface area contributed by atoms with E-state index in [4.69, 9.17) is 4.74 Å². The van der Waals surface area contributed by atoms with Crippen LogP contribution in [0.5, 0.6) is 5.75 Å². The van der Waals surface area contributed by atoms with Gasteiger partial charge in [-0.3, -0.25) is 4.79 Å². The molecular formula is C20H23NO4. The van der Waals surface area contributed by atoms with E-state index in [1.807, 2.05) is 38.1 Å². The average molecular weight is 341 g/mol. The van der Waals surface area contributed by atoms with Crippen LogP contribution in [0, 0.1) is 0 Å². The molecule has 0 saturated carbocycles. The van der Waals surface area contributed by atoms with Gasteiger partial charge in [0, 0.05) is 12.1 Å². The minimum Gasteiger partial charge on any atom is -0.507 e. The van der Waals surface area contributed by atoms with Gasteiger partial charge < -0.3 is 14.7 Å². The third-order valence-electron chi connectivity index (χ3n) is 4.89. The lowest BCUT2D eigenvalue weighted by atomic mass is 9.97. The standard InChI is InChI=1S/C20H23NO4/c1-13-6-5-7-14(2)21(13)19(23)12-25-20(24)17-10-15-8-3-4-9-16(15)11-18(17)22/h3-4,8-11,13-14,22H,5-7,12H2,1-2H3/t13-,14-/m1/s1. The van der Waals surface area contributed by atoms with Gasteiger partial charge in [0.1, 0.15) is 11.3 Å². The monoisotopic (exact) mass is 341 g/mol. The molecule has 1 N–H and O–H groups in total. The van der Waals surface area contributed by atoms with Crippen molar-refractivity contribution in [1.82, 2.24) is 4.90 Å². The number of rotatable bonds is 3. The zero-order valence-corrected chi connectivity index (χ0v) is 14.6. The van der Waals surface area contributed by atoms with Crippen molar-refractivity contribution in [3.8, 4) is 5.75 Å². The van der Waals surface area contributed by atoms with E-state index in [1.54, 1.807) is 11.0 Å². The first-order chi connectivity index (χ1) is 12.0. The average Bonchev–Trinajstić information content (AvgIpc) is 2.59. The highest BCUT2D eigenvalue weighted by molar-refractivity contribution is 5.99. The minimum absolute atomic E-state index is 0.0752. The number of hydrogen-bond acceptors (Lipinski definition) is 4. The molecule has 25 heavy (non-hydrogen) atoms. The van der Waals surface area contributed by atoms with Crippen molar-refractivity contribution in [2.24, 2.45) is 0 Å². The molecule has 5 heteroatoms. The Bertz CT molecular complexity index is 791. The topological polar surface area (TPSA) is 66.8 Å². The molecule has 0 spiro atoms. The molecule has 1 aliphatic rings. The number of carbonyl (C=O) groups excluding carboxylic acids is 2. The lowest BCUT2D eigenvalue weighted by Gasteiger charge is -2.38. The molecule has 0 aliphatic carbocycles. The number of phenols is 1. The molecule has 0 radical (unpaired) electrons. The van der Waals surface area contributed by atoms with Crippen LogP contribution >= 0.6 is 0 Å². The Morgan fingerprint density at radius 3 is 2.36 bits per heavy atom. The number of likely N-dealkylation sites (tertiary alicyclic amines) is 1. The van der Waals surface area contributed by atoms with Gasteiger partial charge in [-0.05, 0) is 56.0 Å². The summed E-state index contributed by atoms with van der Waals surface area (Å²) in [5.74, 6) is -1.02. The zero-order chi connectivity index (χ0) is 18.0. The van der Waals surface area contributed by atoms with Gasteiger partial charge in [0.15, 0.2) is 6.61 Å². The first kappa shape index (κ1) is 17.3. The lowest BCUT2D eigenvalue weighted by molar-refractivity contribution is -0.140. The molecule has 0 unspecified atom stereocenters. The molecule has 2 aromatic rings. The van der Waals surface area contributed by atoms with Crippen molar-refractivity contribution in [3.05, 3.63) is 42.0 Å². The number of esters is 1. The fraction of sp³-hybridized carbons (Fsp3) is 0.400. The van der Waals surface area contributed by atoms with Crippen LogP contribution in [0.15, 0.2) is 36.4 Å². The summed E-state index contributed by atoms with van der Waals surface area (Å²) in [6, 6.07) is 10.9. The highest BCUT2D eigenvalue weighted by Gasteiger charge is 2.29. The number of ether oxygens (including phenoxy) is 1. The SMILES string of the molecule is C[C@@H]1CCC[C@@H](C)N1C(=O)COC(=O)c1cc2ccccc2cc1O. The quantitative estimate of drug-likeness (QED) is 0.868. The van der Waals surface area contributed by atoms with Crippen LogP contribution in [0.3, 0.4) is 0 Å². The highest BCUT2D eigenvalue weighted by atomic mass is 16.5. The number of amides is 1. The number of nitrogens with zero attached hydrogens (tertiary/aromatic N) is 1. The summed E-state index contributed by atoms with van der Waals surface area (Å²) in [5, 5.41) is 11.7. The van der Waals surface area contributed by atoms with Gasteiger partial charge in [-0.2, -0.15) is 0 Å². The number of carbonyl (C=O) groups is 2. The minimum atomic E-state index is -0.686. The number of aromatic hydroxyl groups is 1. The zero-order valence-electron chi connectivity index (χ0n) is 14.6. The van der Waals surface area contributed by atoms with E-state index < -0.39 is 5.97 Å². The second-order valence-corrected chi connectivity index (χ2v) is 6.72. The fourth-order valence-electron chi connectivity index (χ4n) is 3.58. The molecule has 1 heterocycles. The molecule has 5 nitrogen and oxygen atoms in total. The molecule has 0 bridgehead atoms. The van der Waals surface area contributed by atoms with Crippen molar-refractivity contribution in [2.75, 3.05) is 6.61 Å². The molecule has 1 amide bonds. The summed E-state index contributed by atoms with van der Waals surface area (Å²) in [6.45, 7) is 3.73. The summed E-state index contributed by atoms with van der Waals surface area (Å²) in [6.07, 6.45) is 3.04. The number of hydrogen-bond donors (Lipinski definition) is 1. The van der Waals surface area contributed by atoms with E-state index in [2.05, 4.69) is 0 Å². The van der Waals surface area contributed by atoms with Gasteiger partial charge in [0.25, 0.3) is 5.91 Å². The van der Waals surface area contributed by atoms with Gasteiger partial charge in [0.05, 0.1) is 0 Å². The summed E-state index contributed by atoms with van der Waals surface area (Å²) < 4.78 is 5.18. The largest absolute Gasteiger partial charge is 0.507 e. The predicted molar refractivity (Wildman–Crippen MR) is 95.5 cm³/mol. The van der Waals surface area contributed by atoms with Gasteiger partial charge in [-0.15, -0.1) is 0 Å². The van der Waals surface area contributed by atoms with E-state index in [0.717, 1.165) is 30.0 Å². The highest BCUT2D eigenvalue weighted by Crippen LogP contribution is 2.26. The number of phenolic OH excluding ortho intramolecular Hbond substituents is 1. The molecule has 2 atom stereocenters. The molecule has 1 saturated heterocycles. The van der Waals surface area contributed by atoms with Crippen LogP contribution in [0.1, 0.15) is 43.5 Å². The van der Waals surface area contributed by atoms with Crippen LogP contribution in [0.4, 0.5) is 0 Å². The van der Waals surface area contributed by atoms with E-state index >= 15 is 0 Å². The first-order valence-electron chi connectivity index (χ1n) is 8.67. The Kier molecular flexibility index (Phi) is 4.93. The van der Waals surface area contributed by atoms with Crippen LogP contribution in [-0.4, -0.2) is 40.6 Å². The summed E-state index contributed by atoms with van der Waals surface area (Å²) in [4.78, 5) is 26.5. The maximum absolute atomic E-state index is 12.4. The second-order valence-electron chi connectivity index (χ2n) is 6.72. The molecular weight excluding hydrogens is 318 g/mol.